The van der Waals surface area contributed by atoms with Gasteiger partial charge in [-0.2, -0.15) is 0 Å². The van der Waals surface area contributed by atoms with Crippen molar-refractivity contribution in [2.24, 2.45) is 17.3 Å². The van der Waals surface area contributed by atoms with Crippen LogP contribution < -0.4 is 5.56 Å². The summed E-state index contributed by atoms with van der Waals surface area (Å²) in [6, 6.07) is 9.19. The molecule has 0 atom stereocenters. The number of rotatable bonds is 3. The van der Waals surface area contributed by atoms with Gasteiger partial charge in [-0.3, -0.25) is 14.3 Å². The summed E-state index contributed by atoms with van der Waals surface area (Å²) in [5.41, 5.74) is 1.12. The third-order valence-corrected chi connectivity index (χ3v) is 4.13. The smallest absolute Gasteiger partial charge is 0.299 e. The van der Waals surface area contributed by atoms with Gasteiger partial charge in [-0.25, -0.2) is 4.68 Å². The topological polar surface area (TPSA) is 89.0 Å². The number of allylic oxidation sites excluding steroid dienone is 2. The number of nitrogens with zero attached hydrogens (tertiary/aromatic N) is 4. The highest BCUT2D eigenvalue weighted by molar-refractivity contribution is 5.96. The van der Waals surface area contributed by atoms with Gasteiger partial charge in [-0.05, 0) is 25.5 Å². The van der Waals surface area contributed by atoms with Crippen LogP contribution in [0, 0.1) is 6.92 Å². The predicted molar refractivity (Wildman–Crippen MR) is 88.8 cm³/mol. The Bertz CT molecular complexity index is 904. The van der Waals surface area contributed by atoms with Gasteiger partial charge in [0.2, 0.25) is 0 Å². The van der Waals surface area contributed by atoms with Crippen molar-refractivity contribution in [3.63, 3.8) is 0 Å². The molecule has 3 rings (SSSR count). The maximum atomic E-state index is 12.7. The first kappa shape index (κ1) is 15.9. The van der Waals surface area contributed by atoms with E-state index in [1.807, 2.05) is 30.3 Å². The molecule has 1 aromatic heterocycles. The Morgan fingerprint density at radius 2 is 1.79 bits per heavy atom. The van der Waals surface area contributed by atoms with Gasteiger partial charge in [-0.1, -0.05) is 18.2 Å². The Balaban J connectivity index is 2.06. The number of aliphatic hydroxyl groups excluding tert-OH is 1. The predicted octanol–water partition coefficient (Wildman–Crippen LogP) is 3.09. The van der Waals surface area contributed by atoms with Crippen LogP contribution in [0.5, 0.6) is 0 Å². The lowest BCUT2D eigenvalue weighted by atomic mass is 10.0. The van der Waals surface area contributed by atoms with Gasteiger partial charge in [0.25, 0.3) is 5.56 Å². The molecule has 0 amide bonds. The minimum Gasteiger partial charge on any atom is -0.510 e. The first-order chi connectivity index (χ1) is 11.5. The summed E-state index contributed by atoms with van der Waals surface area (Å²) in [6.07, 6.45) is 1.34. The van der Waals surface area contributed by atoms with E-state index in [1.54, 1.807) is 18.7 Å². The van der Waals surface area contributed by atoms with Crippen LogP contribution in [-0.2, 0) is 11.8 Å². The van der Waals surface area contributed by atoms with Gasteiger partial charge in [-0.15, -0.1) is 10.2 Å². The number of carbonyl (C=O) groups excluding carboxylic acids is 1. The molecule has 2 aromatic rings. The summed E-state index contributed by atoms with van der Waals surface area (Å²) >= 11 is 0. The van der Waals surface area contributed by atoms with E-state index in [9.17, 15) is 14.7 Å². The molecule has 1 N–H and O–H groups in total. The molecule has 0 radical (unpaired) electrons. The van der Waals surface area contributed by atoms with Crippen LogP contribution in [0.25, 0.3) is 5.69 Å². The molecule has 24 heavy (non-hydrogen) atoms. The van der Waals surface area contributed by atoms with Gasteiger partial charge < -0.3 is 5.11 Å². The zero-order chi connectivity index (χ0) is 17.3. The second-order valence-electron chi connectivity index (χ2n) is 5.68. The van der Waals surface area contributed by atoms with Crippen molar-refractivity contribution in [1.82, 2.24) is 9.36 Å². The highest BCUT2D eigenvalue weighted by Gasteiger charge is 2.21. The third kappa shape index (κ3) is 2.68. The number of para-hydroxylation sites is 1. The van der Waals surface area contributed by atoms with Crippen molar-refractivity contribution in [3.05, 3.63) is 57.8 Å². The maximum absolute atomic E-state index is 12.7. The highest BCUT2D eigenvalue weighted by atomic mass is 16.3. The number of benzene rings is 1. The largest absolute Gasteiger partial charge is 0.510 e. The summed E-state index contributed by atoms with van der Waals surface area (Å²) in [5, 5.41) is 17.6. The lowest BCUT2D eigenvalue weighted by molar-refractivity contribution is -0.116. The summed E-state index contributed by atoms with van der Waals surface area (Å²) in [6.45, 7) is 1.76. The molecule has 0 saturated heterocycles. The molecule has 0 fully saturated rings. The van der Waals surface area contributed by atoms with Crippen LogP contribution in [0.3, 0.4) is 0 Å². The van der Waals surface area contributed by atoms with E-state index in [0.29, 0.717) is 30.6 Å². The van der Waals surface area contributed by atoms with Crippen LogP contribution >= 0.6 is 0 Å². The van der Waals surface area contributed by atoms with Crippen LogP contribution in [0.1, 0.15) is 25.0 Å². The quantitative estimate of drug-likeness (QED) is 0.879. The number of ketones is 1. The Morgan fingerprint density at radius 1 is 1.08 bits per heavy atom. The summed E-state index contributed by atoms with van der Waals surface area (Å²) in [5.74, 6) is -0.313. The van der Waals surface area contributed by atoms with Crippen molar-refractivity contribution in [1.29, 1.82) is 0 Å². The Hall–Kier alpha value is -2.96. The Kier molecular flexibility index (Phi) is 4.16. The summed E-state index contributed by atoms with van der Waals surface area (Å²) in [7, 11) is 1.76. The second-order valence-corrected chi connectivity index (χ2v) is 5.68. The van der Waals surface area contributed by atoms with Crippen LogP contribution in [0.4, 0.5) is 5.69 Å². The number of Topliss-reactive ketones (excluding diaryl/α,β-unsaturated/α-hetero) is 1. The molecule has 7 nitrogen and oxygen atoms in total. The normalized spacial score (nSPS) is 15.5. The Morgan fingerprint density at radius 3 is 2.46 bits per heavy atom. The van der Waals surface area contributed by atoms with E-state index in [1.165, 1.54) is 4.68 Å². The van der Waals surface area contributed by atoms with Gasteiger partial charge >= 0.3 is 0 Å². The monoisotopic (exact) mass is 326 g/mol. The number of azo groups is 1. The molecule has 0 saturated carbocycles. The molecule has 124 valence electrons. The van der Waals surface area contributed by atoms with E-state index in [2.05, 4.69) is 10.2 Å². The van der Waals surface area contributed by atoms with Crippen molar-refractivity contribution in [2.75, 3.05) is 0 Å². The van der Waals surface area contributed by atoms with Crippen molar-refractivity contribution in [2.45, 2.75) is 26.2 Å². The lowest BCUT2D eigenvalue weighted by Gasteiger charge is -2.09. The van der Waals surface area contributed by atoms with E-state index >= 15 is 0 Å². The van der Waals surface area contributed by atoms with Crippen molar-refractivity contribution < 1.29 is 9.90 Å². The SMILES string of the molecule is Cc1c(N=NC2=C(O)CCCC2=O)c(=O)n(-c2ccccc2)n1C. The van der Waals surface area contributed by atoms with Crippen molar-refractivity contribution in [3.8, 4) is 5.69 Å². The third-order valence-electron chi connectivity index (χ3n) is 4.13. The molecule has 0 spiro atoms. The van der Waals surface area contributed by atoms with Crippen LogP contribution in [0.15, 0.2) is 56.8 Å². The fraction of sp³-hybridized carbons (Fsp3) is 0.294. The number of aliphatic hydroxyl groups is 1. The van der Waals surface area contributed by atoms with Crippen LogP contribution in [0.2, 0.25) is 0 Å². The fourth-order valence-electron chi connectivity index (χ4n) is 2.70. The molecule has 0 bridgehead atoms. The minimum absolute atomic E-state index is 0.0461. The first-order valence-electron chi connectivity index (χ1n) is 7.71. The molecule has 1 aromatic carbocycles. The molecule has 1 aliphatic carbocycles. The first-order valence-corrected chi connectivity index (χ1v) is 7.71. The average molecular weight is 326 g/mol. The molecule has 7 heteroatoms. The van der Waals surface area contributed by atoms with Gasteiger partial charge in [0.05, 0.1) is 11.4 Å². The number of hydrogen-bond acceptors (Lipinski definition) is 5. The zero-order valence-corrected chi connectivity index (χ0v) is 13.6. The Labute approximate surface area is 138 Å². The van der Waals surface area contributed by atoms with E-state index in [4.69, 9.17) is 0 Å². The van der Waals surface area contributed by atoms with E-state index in [0.717, 1.165) is 0 Å². The van der Waals surface area contributed by atoms with E-state index < -0.39 is 0 Å². The zero-order valence-electron chi connectivity index (χ0n) is 13.6. The fourth-order valence-corrected chi connectivity index (χ4v) is 2.70. The molecule has 0 unspecified atom stereocenters. The molecule has 1 heterocycles. The number of aromatic nitrogens is 2. The van der Waals surface area contributed by atoms with E-state index in [-0.39, 0.29) is 28.5 Å². The lowest BCUT2D eigenvalue weighted by Crippen LogP contribution is -2.19. The minimum atomic E-state index is -0.326. The van der Waals surface area contributed by atoms with Crippen LogP contribution in [-0.4, -0.2) is 20.3 Å². The number of hydrogen-bond donors (Lipinski definition) is 1. The average Bonchev–Trinajstić information content (AvgIpc) is 2.78. The maximum Gasteiger partial charge on any atom is 0.299 e. The second kappa shape index (κ2) is 6.27. The summed E-state index contributed by atoms with van der Waals surface area (Å²) in [4.78, 5) is 24.5. The molecular weight excluding hydrogens is 308 g/mol. The molecule has 0 aliphatic heterocycles. The molecular formula is C17H18N4O3. The van der Waals surface area contributed by atoms with Gasteiger partial charge in [0, 0.05) is 19.9 Å². The van der Waals surface area contributed by atoms with Gasteiger partial charge in [0.15, 0.2) is 17.2 Å². The highest BCUT2D eigenvalue weighted by Crippen LogP contribution is 2.23. The molecule has 1 aliphatic rings. The standard InChI is InChI=1S/C17H18N4O3/c1-11-15(18-19-16-13(22)9-6-10-14(16)23)17(24)21(20(11)2)12-7-4-3-5-8-12/h3-5,7-8,22H,6,9-10H2,1-2H3. The van der Waals surface area contributed by atoms with Crippen molar-refractivity contribution >= 4 is 11.5 Å². The summed E-state index contributed by atoms with van der Waals surface area (Å²) < 4.78 is 3.17. The van der Waals surface area contributed by atoms with Gasteiger partial charge in [0.1, 0.15) is 5.76 Å². The number of carbonyl (C=O) groups is 1.